The van der Waals surface area contributed by atoms with E-state index >= 15 is 0 Å². The smallest absolute Gasteiger partial charge is 0.00230 e. The average Bonchev–Trinajstić information content (AvgIpc) is 1.84. The molecule has 0 heterocycles. The summed E-state index contributed by atoms with van der Waals surface area (Å²) in [6.45, 7) is 7.90. The van der Waals surface area contributed by atoms with Crippen molar-refractivity contribution in [2.24, 2.45) is 23.0 Å². The minimum Gasteiger partial charge on any atom is -0.330 e. The van der Waals surface area contributed by atoms with Gasteiger partial charge in [0.25, 0.3) is 0 Å². The molecular weight excluding hydrogens is 134 g/mol. The summed E-state index contributed by atoms with van der Waals surface area (Å²) in [7, 11) is 0. The molecule has 0 radical (unpaired) electrons. The van der Waals surface area contributed by atoms with Crippen LogP contribution in [0.15, 0.2) is 0 Å². The van der Waals surface area contributed by atoms with E-state index in [0.29, 0.717) is 5.41 Å². The molecule has 0 aliphatic heterocycles. The molecule has 0 amide bonds. The third-order valence-electron chi connectivity index (χ3n) is 2.98. The van der Waals surface area contributed by atoms with Gasteiger partial charge in [-0.05, 0) is 43.1 Å². The topological polar surface area (TPSA) is 26.0 Å². The Morgan fingerprint density at radius 2 is 1.73 bits per heavy atom. The molecule has 11 heavy (non-hydrogen) atoms. The van der Waals surface area contributed by atoms with E-state index in [1.165, 1.54) is 19.3 Å². The van der Waals surface area contributed by atoms with E-state index in [9.17, 15) is 0 Å². The van der Waals surface area contributed by atoms with Gasteiger partial charge in [0, 0.05) is 0 Å². The highest BCUT2D eigenvalue weighted by molar-refractivity contribution is 4.84. The highest BCUT2D eigenvalue weighted by Crippen LogP contribution is 2.40. The maximum Gasteiger partial charge on any atom is -0.00230 e. The predicted octanol–water partition coefficient (Wildman–Crippen LogP) is 2.41. The lowest BCUT2D eigenvalue weighted by Crippen LogP contribution is -2.35. The molecule has 0 saturated heterocycles. The Bertz CT molecular complexity index is 121. The van der Waals surface area contributed by atoms with Crippen LogP contribution in [0, 0.1) is 17.3 Å². The van der Waals surface area contributed by atoms with Crippen molar-refractivity contribution in [3.05, 3.63) is 0 Å². The van der Waals surface area contributed by atoms with Gasteiger partial charge in [-0.1, -0.05) is 20.8 Å². The van der Waals surface area contributed by atoms with Gasteiger partial charge in [0.2, 0.25) is 0 Å². The van der Waals surface area contributed by atoms with Crippen LogP contribution in [0.3, 0.4) is 0 Å². The van der Waals surface area contributed by atoms with Crippen LogP contribution in [0.25, 0.3) is 0 Å². The highest BCUT2D eigenvalue weighted by Gasteiger charge is 2.32. The lowest BCUT2D eigenvalue weighted by atomic mass is 9.67. The van der Waals surface area contributed by atoms with Crippen molar-refractivity contribution in [1.29, 1.82) is 0 Å². The van der Waals surface area contributed by atoms with E-state index < -0.39 is 0 Å². The van der Waals surface area contributed by atoms with Gasteiger partial charge in [-0.3, -0.25) is 0 Å². The second-order valence-corrected chi connectivity index (χ2v) is 4.87. The molecule has 1 nitrogen and oxygen atoms in total. The van der Waals surface area contributed by atoms with E-state index in [1.807, 2.05) is 0 Å². The third-order valence-corrected chi connectivity index (χ3v) is 2.98. The summed E-state index contributed by atoms with van der Waals surface area (Å²) in [6.07, 6.45) is 4.05. The lowest BCUT2D eigenvalue weighted by Gasteiger charge is -2.39. The predicted molar refractivity (Wildman–Crippen MR) is 49.3 cm³/mol. The minimum absolute atomic E-state index is 0.442. The average molecular weight is 155 g/mol. The quantitative estimate of drug-likeness (QED) is 0.618. The van der Waals surface area contributed by atoms with Crippen LogP contribution in [0.1, 0.15) is 40.0 Å². The van der Waals surface area contributed by atoms with Gasteiger partial charge >= 0.3 is 0 Å². The lowest BCUT2D eigenvalue weighted by molar-refractivity contribution is 0.131. The SMILES string of the molecule is CC1CC(C)CC(C)(CN)C1. The molecule has 2 atom stereocenters. The molecule has 0 aromatic carbocycles. The van der Waals surface area contributed by atoms with Gasteiger partial charge < -0.3 is 5.73 Å². The molecule has 2 N–H and O–H groups in total. The van der Waals surface area contributed by atoms with E-state index in [4.69, 9.17) is 5.73 Å². The molecule has 0 bridgehead atoms. The molecular formula is C10H21N. The van der Waals surface area contributed by atoms with Crippen LogP contribution in [-0.2, 0) is 0 Å². The summed E-state index contributed by atoms with van der Waals surface area (Å²) >= 11 is 0. The molecule has 0 aromatic rings. The van der Waals surface area contributed by atoms with Crippen LogP contribution in [0.5, 0.6) is 0 Å². The van der Waals surface area contributed by atoms with Crippen molar-refractivity contribution in [3.8, 4) is 0 Å². The fourth-order valence-corrected chi connectivity index (χ4v) is 2.79. The van der Waals surface area contributed by atoms with E-state index in [0.717, 1.165) is 18.4 Å². The first-order valence-corrected chi connectivity index (χ1v) is 4.76. The summed E-state index contributed by atoms with van der Waals surface area (Å²) in [5.74, 6) is 1.76. The van der Waals surface area contributed by atoms with Gasteiger partial charge in [-0.25, -0.2) is 0 Å². The van der Waals surface area contributed by atoms with Gasteiger partial charge in [0.05, 0.1) is 0 Å². The Morgan fingerprint density at radius 3 is 2.09 bits per heavy atom. The molecule has 66 valence electrons. The van der Waals surface area contributed by atoms with E-state index in [-0.39, 0.29) is 0 Å². The Kier molecular flexibility index (Phi) is 2.58. The summed E-state index contributed by atoms with van der Waals surface area (Å²) in [5, 5.41) is 0. The first-order chi connectivity index (χ1) is 5.06. The van der Waals surface area contributed by atoms with Gasteiger partial charge in [0.1, 0.15) is 0 Å². The molecule has 1 fully saturated rings. The number of hydrogen-bond donors (Lipinski definition) is 1. The molecule has 1 heteroatoms. The largest absolute Gasteiger partial charge is 0.330 e. The van der Waals surface area contributed by atoms with Crippen LogP contribution >= 0.6 is 0 Å². The zero-order valence-corrected chi connectivity index (χ0v) is 8.06. The minimum atomic E-state index is 0.442. The van der Waals surface area contributed by atoms with Crippen LogP contribution in [0.4, 0.5) is 0 Å². The maximum atomic E-state index is 5.76. The van der Waals surface area contributed by atoms with Gasteiger partial charge in [-0.15, -0.1) is 0 Å². The normalized spacial score (nSPS) is 45.8. The first kappa shape index (κ1) is 9.05. The summed E-state index contributed by atoms with van der Waals surface area (Å²) in [4.78, 5) is 0. The number of hydrogen-bond acceptors (Lipinski definition) is 1. The molecule has 1 aliphatic carbocycles. The first-order valence-electron chi connectivity index (χ1n) is 4.76. The Labute approximate surface area is 70.4 Å². The molecule has 0 spiro atoms. The highest BCUT2D eigenvalue weighted by atomic mass is 14.6. The van der Waals surface area contributed by atoms with Gasteiger partial charge in [-0.2, -0.15) is 0 Å². The summed E-state index contributed by atoms with van der Waals surface area (Å²) in [6, 6.07) is 0. The van der Waals surface area contributed by atoms with Crippen molar-refractivity contribution in [2.45, 2.75) is 40.0 Å². The fraction of sp³-hybridized carbons (Fsp3) is 1.00. The summed E-state index contributed by atoms with van der Waals surface area (Å²) < 4.78 is 0. The molecule has 0 aromatic heterocycles. The third kappa shape index (κ3) is 2.19. The van der Waals surface area contributed by atoms with Crippen molar-refractivity contribution in [1.82, 2.24) is 0 Å². The van der Waals surface area contributed by atoms with E-state index in [2.05, 4.69) is 20.8 Å². The van der Waals surface area contributed by atoms with Gasteiger partial charge in [0.15, 0.2) is 0 Å². The molecule has 1 saturated carbocycles. The molecule has 2 unspecified atom stereocenters. The summed E-state index contributed by atoms with van der Waals surface area (Å²) in [5.41, 5.74) is 6.20. The second kappa shape index (κ2) is 3.14. The Hall–Kier alpha value is -0.0400. The fourth-order valence-electron chi connectivity index (χ4n) is 2.79. The zero-order chi connectivity index (χ0) is 8.48. The molecule has 1 rings (SSSR count). The number of rotatable bonds is 1. The van der Waals surface area contributed by atoms with Crippen molar-refractivity contribution < 1.29 is 0 Å². The molecule has 1 aliphatic rings. The monoisotopic (exact) mass is 155 g/mol. The van der Waals surface area contributed by atoms with E-state index in [1.54, 1.807) is 0 Å². The van der Waals surface area contributed by atoms with Crippen molar-refractivity contribution in [3.63, 3.8) is 0 Å². The zero-order valence-electron chi connectivity index (χ0n) is 8.06. The maximum absolute atomic E-state index is 5.76. The van der Waals surface area contributed by atoms with Crippen molar-refractivity contribution in [2.75, 3.05) is 6.54 Å². The van der Waals surface area contributed by atoms with Crippen LogP contribution < -0.4 is 5.73 Å². The van der Waals surface area contributed by atoms with Crippen molar-refractivity contribution >= 4 is 0 Å². The second-order valence-electron chi connectivity index (χ2n) is 4.87. The van der Waals surface area contributed by atoms with Crippen LogP contribution in [0.2, 0.25) is 0 Å². The standard InChI is InChI=1S/C10H21N/c1-8-4-9(2)6-10(3,5-8)7-11/h8-9H,4-7,11H2,1-3H3. The Balaban J connectivity index is 2.55. The Morgan fingerprint density at radius 1 is 1.27 bits per heavy atom. The number of nitrogens with two attached hydrogens (primary N) is 1. The van der Waals surface area contributed by atoms with Crippen LogP contribution in [-0.4, -0.2) is 6.54 Å².